The molecule has 0 spiro atoms. The molecule has 20 nitrogen and oxygen atoms in total. The van der Waals surface area contributed by atoms with Crippen LogP contribution < -0.4 is 22.5 Å². The molecule has 60 heavy (non-hydrogen) atoms. The highest BCUT2D eigenvalue weighted by atomic mass is 32.2. The lowest BCUT2D eigenvalue weighted by molar-refractivity contribution is 0.402. The molecule has 7 N–H and O–H groups in total. The first kappa shape index (κ1) is 42.8. The summed E-state index contributed by atoms with van der Waals surface area (Å²) in [4.78, 5) is 28.8. The van der Waals surface area contributed by atoms with Crippen molar-refractivity contribution in [2.75, 3.05) is 64.3 Å². The molecule has 0 unspecified atom stereocenters. The van der Waals surface area contributed by atoms with Crippen molar-refractivity contribution in [3.63, 3.8) is 0 Å². The number of hydrogen-bond donors (Lipinski definition) is 4. The molecule has 21 heteroatoms. The molecule has 0 aliphatic heterocycles. The molecule has 2 aromatic carbocycles. The topological polar surface area (TPSA) is 269 Å². The predicted octanol–water partition coefficient (Wildman–Crippen LogP) is 3.09. The van der Waals surface area contributed by atoms with Crippen molar-refractivity contribution in [2.24, 2.45) is 5.73 Å². The molecule has 0 saturated carbocycles. The zero-order valence-electron chi connectivity index (χ0n) is 34.0. The zero-order chi connectivity index (χ0) is 42.8. The summed E-state index contributed by atoms with van der Waals surface area (Å²) < 4.78 is 35.8. The number of nitrogen functional groups attached to an aromatic ring is 2. The number of furan rings is 2. The van der Waals surface area contributed by atoms with Gasteiger partial charge in [0.25, 0.3) is 16.7 Å². The molecule has 6 aromatic heterocycles. The maximum absolute atomic E-state index is 11.4. The molecular weight excluding hydrogens is 789 g/mol. The van der Waals surface area contributed by atoms with Crippen LogP contribution in [0.5, 0.6) is 0 Å². The highest BCUT2D eigenvalue weighted by Gasteiger charge is 2.18. The minimum Gasteiger partial charge on any atom is -0.461 e. The van der Waals surface area contributed by atoms with Crippen LogP contribution in [0.15, 0.2) is 99.3 Å². The van der Waals surface area contributed by atoms with Crippen LogP contribution in [0, 0.1) is 0 Å². The molecule has 0 aliphatic carbocycles. The van der Waals surface area contributed by atoms with E-state index in [0.717, 1.165) is 43.2 Å². The van der Waals surface area contributed by atoms with Crippen molar-refractivity contribution >= 4 is 39.2 Å². The molecule has 8 aromatic rings. The second-order valence-corrected chi connectivity index (χ2v) is 16.0. The number of nitrogens with zero attached hydrogens (tertiary/aromatic N) is 12. The first-order valence-electron chi connectivity index (χ1n) is 18.7. The van der Waals surface area contributed by atoms with Crippen molar-refractivity contribution < 1.29 is 17.3 Å². The van der Waals surface area contributed by atoms with Gasteiger partial charge in [-0.05, 0) is 94.1 Å². The lowest BCUT2D eigenvalue weighted by atomic mass is 10.1. The van der Waals surface area contributed by atoms with Crippen LogP contribution in [0.25, 0.3) is 34.7 Å². The average molecular weight is 837 g/mol. The molecule has 0 fully saturated rings. The van der Waals surface area contributed by atoms with Gasteiger partial charge in [-0.1, -0.05) is 48.5 Å². The summed E-state index contributed by atoms with van der Waals surface area (Å²) in [5.74, 6) is 2.57. The number of aromatic nitrogens is 10. The van der Waals surface area contributed by atoms with Gasteiger partial charge in [-0.15, -0.1) is 10.2 Å². The van der Waals surface area contributed by atoms with Crippen LogP contribution in [0.2, 0.25) is 0 Å². The molecule has 0 amide bonds. The predicted molar refractivity (Wildman–Crippen MR) is 227 cm³/mol. The molecule has 0 saturated heterocycles. The standard InChI is InChI=1S/C19H22N8O.C11H18N2.C9H8N6O3S/c1-26(2)12-14-7-5-13(6-8-14)9-10-21-18-23-17(20)27-19(24-18)22-16(25-27)15-4-3-11-28-15;1-13(2)9-11-5-3-10(4-6-11)7-8-12;1-19(16,17)9-12-7(10)15-8(13-9)11-6(14-15)5-3-2-4-18-5/h3-8,11H,9-10,12H2,1-2H3,(H3,20,21,22,23,24,25);3-6H,7-9,12H2,1-2H3;2-4H,1H3,(H2,10,11,12,13,14). The Balaban J connectivity index is 0.000000163. The van der Waals surface area contributed by atoms with E-state index in [1.807, 2.05) is 0 Å². The summed E-state index contributed by atoms with van der Waals surface area (Å²) in [6, 6.07) is 24.2. The Morgan fingerprint density at radius 1 is 0.633 bits per heavy atom. The van der Waals surface area contributed by atoms with E-state index in [2.05, 4.69) is 132 Å². The second-order valence-electron chi connectivity index (χ2n) is 14.1. The van der Waals surface area contributed by atoms with E-state index in [1.165, 1.54) is 33.0 Å². The molecule has 0 radical (unpaired) electrons. The van der Waals surface area contributed by atoms with Crippen LogP contribution in [-0.2, 0) is 35.8 Å². The quantitative estimate of drug-likeness (QED) is 0.130. The first-order valence-corrected chi connectivity index (χ1v) is 20.6. The summed E-state index contributed by atoms with van der Waals surface area (Å²) in [7, 11) is 4.71. The molecule has 0 bridgehead atoms. The first-order chi connectivity index (χ1) is 28.7. The Morgan fingerprint density at radius 2 is 1.10 bits per heavy atom. The lowest BCUT2D eigenvalue weighted by Crippen LogP contribution is -2.12. The Bertz CT molecular complexity index is 2700. The maximum atomic E-state index is 11.4. The van der Waals surface area contributed by atoms with Gasteiger partial charge in [0.15, 0.2) is 11.5 Å². The van der Waals surface area contributed by atoms with Crippen LogP contribution in [0.4, 0.5) is 17.8 Å². The Kier molecular flexibility index (Phi) is 13.8. The number of benzene rings is 2. The van der Waals surface area contributed by atoms with Gasteiger partial charge in [0.1, 0.15) is 0 Å². The molecule has 314 valence electrons. The Morgan fingerprint density at radius 3 is 1.55 bits per heavy atom. The molecule has 8 rings (SSSR count). The van der Waals surface area contributed by atoms with Crippen LogP contribution >= 0.6 is 0 Å². The van der Waals surface area contributed by atoms with Gasteiger partial charge in [-0.2, -0.15) is 38.9 Å². The van der Waals surface area contributed by atoms with E-state index < -0.39 is 15.0 Å². The zero-order valence-corrected chi connectivity index (χ0v) is 34.8. The van der Waals surface area contributed by atoms with E-state index in [4.69, 9.17) is 26.0 Å². The summed E-state index contributed by atoms with van der Waals surface area (Å²) >= 11 is 0. The number of fused-ring (bicyclic) bond motifs is 2. The second kappa shape index (κ2) is 19.3. The third kappa shape index (κ3) is 11.4. The number of hydrogen-bond acceptors (Lipinski definition) is 18. The van der Waals surface area contributed by atoms with E-state index in [0.29, 0.717) is 35.6 Å². The number of rotatable bonds is 13. The van der Waals surface area contributed by atoms with Crippen LogP contribution in [-0.4, -0.2) is 115 Å². The Hall–Kier alpha value is -6.81. The van der Waals surface area contributed by atoms with Crippen molar-refractivity contribution in [3.05, 3.63) is 108 Å². The molecule has 0 atom stereocenters. The number of nitrogens with two attached hydrogens (primary N) is 3. The molecule has 0 aliphatic rings. The third-order valence-electron chi connectivity index (χ3n) is 8.43. The fraction of sp³-hybridized carbons (Fsp3) is 0.282. The van der Waals surface area contributed by atoms with Crippen molar-refractivity contribution in [3.8, 4) is 23.2 Å². The summed E-state index contributed by atoms with van der Waals surface area (Å²) in [6.45, 7) is 3.35. The van der Waals surface area contributed by atoms with Crippen molar-refractivity contribution in [1.82, 2.24) is 58.9 Å². The van der Waals surface area contributed by atoms with Gasteiger partial charge in [0.05, 0.1) is 12.5 Å². The van der Waals surface area contributed by atoms with Gasteiger partial charge < -0.3 is 41.2 Å². The normalized spacial score (nSPS) is 11.5. The Labute approximate surface area is 346 Å². The maximum Gasteiger partial charge on any atom is 0.259 e. The van der Waals surface area contributed by atoms with E-state index in [-0.39, 0.29) is 23.5 Å². The summed E-state index contributed by atoms with van der Waals surface area (Å²) in [6.07, 6.45) is 5.85. The fourth-order valence-electron chi connectivity index (χ4n) is 5.69. The average Bonchev–Trinajstić information content (AvgIpc) is 4.04. The lowest BCUT2D eigenvalue weighted by Gasteiger charge is -2.10. The molecular formula is C39H48N16O4S. The monoisotopic (exact) mass is 836 g/mol. The van der Waals surface area contributed by atoms with Gasteiger partial charge in [-0.3, -0.25) is 0 Å². The largest absolute Gasteiger partial charge is 0.461 e. The SMILES string of the molecule is CN(C)Cc1ccc(CCN)cc1.CN(C)Cc1ccc(CCNc2nc(N)n3nc(-c4ccco4)nc3n2)cc1.CS(=O)(=O)c1nc(N)n2nc(-c3ccco3)nc2n1. The van der Waals surface area contributed by atoms with Gasteiger partial charge in [0.2, 0.25) is 39.3 Å². The van der Waals surface area contributed by atoms with E-state index >= 15 is 0 Å². The highest BCUT2D eigenvalue weighted by molar-refractivity contribution is 7.90. The van der Waals surface area contributed by atoms with Crippen molar-refractivity contribution in [1.29, 1.82) is 0 Å². The minimum absolute atomic E-state index is 0.0410. The van der Waals surface area contributed by atoms with E-state index in [9.17, 15) is 8.42 Å². The summed E-state index contributed by atoms with van der Waals surface area (Å²) in [5, 5.41) is 11.1. The molecule has 6 heterocycles. The minimum atomic E-state index is -3.57. The highest BCUT2D eigenvalue weighted by Crippen LogP contribution is 2.19. The summed E-state index contributed by atoms with van der Waals surface area (Å²) in [5.41, 5.74) is 22.3. The van der Waals surface area contributed by atoms with E-state index in [1.54, 1.807) is 30.5 Å². The van der Waals surface area contributed by atoms with Crippen LogP contribution in [0.3, 0.4) is 0 Å². The van der Waals surface area contributed by atoms with Gasteiger partial charge in [0, 0.05) is 25.9 Å². The fourth-order valence-corrected chi connectivity index (χ4v) is 6.20. The van der Waals surface area contributed by atoms with Crippen molar-refractivity contribution in [2.45, 2.75) is 31.1 Å². The van der Waals surface area contributed by atoms with Gasteiger partial charge in [-0.25, -0.2) is 8.42 Å². The van der Waals surface area contributed by atoms with Gasteiger partial charge >= 0.3 is 0 Å². The number of sulfone groups is 1. The van der Waals surface area contributed by atoms with Crippen LogP contribution in [0.1, 0.15) is 22.3 Å². The third-order valence-corrected chi connectivity index (χ3v) is 9.28. The number of anilines is 3. The smallest absolute Gasteiger partial charge is 0.259 e. The number of nitrogens with one attached hydrogen (secondary N) is 1.